The van der Waals surface area contributed by atoms with Crippen LogP contribution in [0.15, 0.2) is 42.5 Å². The highest BCUT2D eigenvalue weighted by atomic mass is 35.5. The number of nitrogens with one attached hydrogen (secondary N) is 1. The Bertz CT molecular complexity index is 852. The van der Waals surface area contributed by atoms with Crippen molar-refractivity contribution in [1.29, 1.82) is 0 Å². The zero-order valence-corrected chi connectivity index (χ0v) is 17.2. The molecule has 0 aliphatic carbocycles. The van der Waals surface area contributed by atoms with Crippen LogP contribution >= 0.6 is 11.6 Å². The maximum atomic E-state index is 12.8. The monoisotopic (exact) mass is 416 g/mol. The number of carbonyl (C=O) groups is 1. The third-order valence-electron chi connectivity index (χ3n) is 5.45. The molecule has 0 saturated carbocycles. The number of halogens is 1. The smallest absolute Gasteiger partial charge is 0.261 e. The molecule has 29 heavy (non-hydrogen) atoms. The molecule has 2 aromatic carbocycles. The number of rotatable bonds is 6. The fraction of sp³-hybridized carbons (Fsp3) is 0.409. The number of hydrogen-bond acceptors (Lipinski definition) is 5. The van der Waals surface area contributed by atoms with Gasteiger partial charge in [0.05, 0.1) is 26.4 Å². The number of ether oxygens (including phenoxy) is 3. The average Bonchev–Trinajstić information content (AvgIpc) is 3.18. The third kappa shape index (κ3) is 4.66. The maximum Gasteiger partial charge on any atom is 0.261 e. The van der Waals surface area contributed by atoms with Crippen LogP contribution in [0.2, 0.25) is 5.02 Å². The minimum atomic E-state index is -0.523. The number of benzene rings is 2. The van der Waals surface area contributed by atoms with Crippen LogP contribution in [-0.4, -0.2) is 56.9 Å². The molecule has 7 heteroatoms. The predicted molar refractivity (Wildman–Crippen MR) is 111 cm³/mol. The first-order valence-corrected chi connectivity index (χ1v) is 10.2. The van der Waals surface area contributed by atoms with Gasteiger partial charge in [-0.3, -0.25) is 9.69 Å². The van der Waals surface area contributed by atoms with Gasteiger partial charge < -0.3 is 19.5 Å². The second kappa shape index (κ2) is 9.03. The Labute approximate surface area is 175 Å². The highest BCUT2D eigenvalue weighted by Gasteiger charge is 2.30. The van der Waals surface area contributed by atoms with Crippen molar-refractivity contribution in [1.82, 2.24) is 10.2 Å². The molecule has 2 unspecified atom stereocenters. The molecular formula is C22H25ClN2O4. The molecule has 2 heterocycles. The van der Waals surface area contributed by atoms with E-state index in [0.717, 1.165) is 35.7 Å². The molecular weight excluding hydrogens is 392 g/mol. The van der Waals surface area contributed by atoms with E-state index in [4.69, 9.17) is 25.8 Å². The van der Waals surface area contributed by atoms with Crippen LogP contribution in [0.5, 0.6) is 11.5 Å². The van der Waals surface area contributed by atoms with Gasteiger partial charge in [0, 0.05) is 31.1 Å². The molecule has 1 saturated heterocycles. The number of carbonyl (C=O) groups excluding carboxylic acids is 1. The van der Waals surface area contributed by atoms with Gasteiger partial charge in [-0.2, -0.15) is 0 Å². The molecule has 2 atom stereocenters. The fourth-order valence-electron chi connectivity index (χ4n) is 3.85. The zero-order chi connectivity index (χ0) is 20.2. The maximum absolute atomic E-state index is 12.8. The van der Waals surface area contributed by atoms with Crippen molar-refractivity contribution in [2.24, 2.45) is 0 Å². The van der Waals surface area contributed by atoms with Crippen molar-refractivity contribution in [3.8, 4) is 11.5 Å². The minimum absolute atomic E-state index is 0.0620. The topological polar surface area (TPSA) is 60.0 Å². The van der Waals surface area contributed by atoms with Crippen LogP contribution in [0, 0.1) is 0 Å². The Hall–Kier alpha value is -2.28. The SMILES string of the molecule is COc1ccc(C(CNC(=O)C2Cc3cc(Cl)ccc3O2)N2CCOCC2)cc1. The highest BCUT2D eigenvalue weighted by Crippen LogP contribution is 2.31. The lowest BCUT2D eigenvalue weighted by atomic mass is 10.0. The molecule has 0 spiro atoms. The number of fused-ring (bicyclic) bond motifs is 1. The second-order valence-corrected chi connectivity index (χ2v) is 7.68. The Morgan fingerprint density at radius 1 is 1.24 bits per heavy atom. The first-order valence-electron chi connectivity index (χ1n) is 9.82. The Morgan fingerprint density at radius 2 is 2.00 bits per heavy atom. The number of morpholine rings is 1. The normalized spacial score (nSPS) is 19.9. The van der Waals surface area contributed by atoms with E-state index < -0.39 is 6.10 Å². The van der Waals surface area contributed by atoms with Crippen LogP contribution in [-0.2, 0) is 16.0 Å². The van der Waals surface area contributed by atoms with Crippen LogP contribution in [0.25, 0.3) is 0 Å². The molecule has 2 aromatic rings. The summed E-state index contributed by atoms with van der Waals surface area (Å²) in [6.45, 7) is 3.56. The molecule has 6 nitrogen and oxygen atoms in total. The molecule has 2 aliphatic rings. The number of hydrogen-bond donors (Lipinski definition) is 1. The van der Waals surface area contributed by atoms with Crippen LogP contribution in [0.4, 0.5) is 0 Å². The summed E-state index contributed by atoms with van der Waals surface area (Å²) in [6, 6.07) is 13.5. The highest BCUT2D eigenvalue weighted by molar-refractivity contribution is 6.30. The summed E-state index contributed by atoms with van der Waals surface area (Å²) < 4.78 is 16.6. The summed E-state index contributed by atoms with van der Waals surface area (Å²) in [4.78, 5) is 15.1. The summed E-state index contributed by atoms with van der Waals surface area (Å²) >= 11 is 6.05. The van der Waals surface area contributed by atoms with Gasteiger partial charge in [-0.25, -0.2) is 0 Å². The molecule has 4 rings (SSSR count). The molecule has 1 N–H and O–H groups in total. The molecule has 154 valence electrons. The summed E-state index contributed by atoms with van der Waals surface area (Å²) in [7, 11) is 1.65. The Balaban J connectivity index is 1.42. The standard InChI is InChI=1S/C22H25ClN2O4/c1-27-18-5-2-15(3-6-18)19(25-8-10-28-11-9-25)14-24-22(26)21-13-16-12-17(23)4-7-20(16)29-21/h2-7,12,19,21H,8-11,13-14H2,1H3,(H,24,26). The summed E-state index contributed by atoms with van der Waals surface area (Å²) in [5.74, 6) is 1.44. The van der Waals surface area contributed by atoms with E-state index in [1.807, 2.05) is 24.3 Å². The lowest BCUT2D eigenvalue weighted by Crippen LogP contribution is -2.46. The molecule has 0 aromatic heterocycles. The molecule has 1 amide bonds. The lowest BCUT2D eigenvalue weighted by Gasteiger charge is -2.35. The van der Waals surface area contributed by atoms with Crippen molar-refractivity contribution >= 4 is 17.5 Å². The van der Waals surface area contributed by atoms with Gasteiger partial charge in [0.15, 0.2) is 6.10 Å². The van der Waals surface area contributed by atoms with E-state index in [0.29, 0.717) is 31.2 Å². The van der Waals surface area contributed by atoms with E-state index >= 15 is 0 Å². The van der Waals surface area contributed by atoms with Gasteiger partial charge in [-0.05, 0) is 41.5 Å². The number of methoxy groups -OCH3 is 1. The van der Waals surface area contributed by atoms with Gasteiger partial charge >= 0.3 is 0 Å². The lowest BCUT2D eigenvalue weighted by molar-refractivity contribution is -0.127. The van der Waals surface area contributed by atoms with Crippen molar-refractivity contribution in [2.75, 3.05) is 40.0 Å². The van der Waals surface area contributed by atoms with Gasteiger partial charge in [-0.15, -0.1) is 0 Å². The van der Waals surface area contributed by atoms with Gasteiger partial charge in [0.25, 0.3) is 5.91 Å². The largest absolute Gasteiger partial charge is 0.497 e. The van der Waals surface area contributed by atoms with Crippen molar-refractivity contribution in [2.45, 2.75) is 18.6 Å². The number of amides is 1. The Morgan fingerprint density at radius 3 is 2.72 bits per heavy atom. The molecule has 2 aliphatic heterocycles. The van der Waals surface area contributed by atoms with E-state index in [1.165, 1.54) is 0 Å². The predicted octanol–water partition coefficient (Wildman–Crippen LogP) is 2.84. The third-order valence-corrected chi connectivity index (χ3v) is 5.68. The molecule has 0 bridgehead atoms. The second-order valence-electron chi connectivity index (χ2n) is 7.25. The van der Waals surface area contributed by atoms with Gasteiger partial charge in [0.1, 0.15) is 11.5 Å². The van der Waals surface area contributed by atoms with Crippen LogP contribution < -0.4 is 14.8 Å². The molecule has 1 fully saturated rings. The van der Waals surface area contributed by atoms with Crippen molar-refractivity contribution in [3.05, 3.63) is 58.6 Å². The van der Waals surface area contributed by atoms with E-state index in [2.05, 4.69) is 22.3 Å². The first-order chi connectivity index (χ1) is 14.1. The summed E-state index contributed by atoms with van der Waals surface area (Å²) in [6.07, 6.45) is 0.0108. The van der Waals surface area contributed by atoms with E-state index in [1.54, 1.807) is 13.2 Å². The minimum Gasteiger partial charge on any atom is -0.497 e. The quantitative estimate of drug-likeness (QED) is 0.784. The van der Waals surface area contributed by atoms with Crippen LogP contribution in [0.3, 0.4) is 0 Å². The van der Waals surface area contributed by atoms with Crippen molar-refractivity contribution < 1.29 is 19.0 Å². The number of nitrogens with zero attached hydrogens (tertiary/aromatic N) is 1. The first kappa shape index (κ1) is 20.0. The van der Waals surface area contributed by atoms with E-state index in [9.17, 15) is 4.79 Å². The van der Waals surface area contributed by atoms with Crippen molar-refractivity contribution in [3.63, 3.8) is 0 Å². The summed E-state index contributed by atoms with van der Waals surface area (Å²) in [5, 5.41) is 3.74. The average molecular weight is 417 g/mol. The van der Waals surface area contributed by atoms with Crippen LogP contribution in [0.1, 0.15) is 17.2 Å². The summed E-state index contributed by atoms with van der Waals surface area (Å²) in [5.41, 5.74) is 2.10. The zero-order valence-electron chi connectivity index (χ0n) is 16.4. The van der Waals surface area contributed by atoms with Gasteiger partial charge in [-0.1, -0.05) is 23.7 Å². The van der Waals surface area contributed by atoms with E-state index in [-0.39, 0.29) is 11.9 Å². The fourth-order valence-corrected chi connectivity index (χ4v) is 4.04. The van der Waals surface area contributed by atoms with Gasteiger partial charge in [0.2, 0.25) is 0 Å². The molecule has 0 radical (unpaired) electrons. The Kier molecular flexibility index (Phi) is 6.23.